The second-order valence-electron chi connectivity index (χ2n) is 8.32. The number of carbonyl (C=O) groups excluding carboxylic acids is 2. The van der Waals surface area contributed by atoms with Crippen LogP contribution in [0.3, 0.4) is 0 Å². The lowest BCUT2D eigenvalue weighted by Gasteiger charge is -2.52. The van der Waals surface area contributed by atoms with Crippen molar-refractivity contribution >= 4 is 11.8 Å². The maximum atomic E-state index is 12.5. The van der Waals surface area contributed by atoms with Crippen molar-refractivity contribution in [3.8, 4) is 0 Å². The van der Waals surface area contributed by atoms with E-state index in [1.54, 1.807) is 0 Å². The molecule has 5 nitrogen and oxygen atoms in total. The largest absolute Gasteiger partial charge is 0.381 e. The minimum Gasteiger partial charge on any atom is -0.381 e. The molecule has 0 bridgehead atoms. The maximum absolute atomic E-state index is 12.5. The lowest BCUT2D eigenvalue weighted by molar-refractivity contribution is -0.139. The molecular formula is C19H30N2O3. The van der Waals surface area contributed by atoms with Crippen LogP contribution in [-0.4, -0.2) is 48.1 Å². The normalized spacial score (nSPS) is 42.4. The van der Waals surface area contributed by atoms with Gasteiger partial charge in [0.25, 0.3) is 0 Å². The van der Waals surface area contributed by atoms with Crippen molar-refractivity contribution < 1.29 is 14.3 Å². The number of rotatable bonds is 2. The average molecular weight is 334 g/mol. The van der Waals surface area contributed by atoms with Gasteiger partial charge in [-0.3, -0.25) is 9.59 Å². The summed E-state index contributed by atoms with van der Waals surface area (Å²) in [5.41, 5.74) is 0.0880. The van der Waals surface area contributed by atoms with Gasteiger partial charge in [-0.25, -0.2) is 0 Å². The summed E-state index contributed by atoms with van der Waals surface area (Å²) >= 11 is 0. The Bertz CT molecular complexity index is 517. The summed E-state index contributed by atoms with van der Waals surface area (Å²) in [6, 6.07) is 0.254. The van der Waals surface area contributed by atoms with Crippen molar-refractivity contribution in [1.29, 1.82) is 0 Å². The third kappa shape index (κ3) is 2.56. The molecule has 0 aromatic heterocycles. The zero-order chi connectivity index (χ0) is 16.7. The van der Waals surface area contributed by atoms with Crippen molar-refractivity contribution in [3.05, 3.63) is 0 Å². The zero-order valence-electron chi connectivity index (χ0n) is 14.8. The van der Waals surface area contributed by atoms with Crippen LogP contribution in [0, 0.1) is 17.8 Å². The Hall–Kier alpha value is -1.10. The fourth-order valence-corrected chi connectivity index (χ4v) is 5.93. The smallest absolute Gasteiger partial charge is 0.225 e. The first-order valence-electron chi connectivity index (χ1n) is 9.80. The first-order chi connectivity index (χ1) is 11.6. The first-order valence-corrected chi connectivity index (χ1v) is 9.80. The summed E-state index contributed by atoms with van der Waals surface area (Å²) in [6.07, 6.45) is 8.05. The Labute approximate surface area is 144 Å². The van der Waals surface area contributed by atoms with Crippen molar-refractivity contribution in [2.75, 3.05) is 19.8 Å². The molecule has 4 fully saturated rings. The van der Waals surface area contributed by atoms with E-state index in [9.17, 15) is 9.59 Å². The van der Waals surface area contributed by atoms with E-state index in [4.69, 9.17) is 4.74 Å². The van der Waals surface area contributed by atoms with Gasteiger partial charge < -0.3 is 15.0 Å². The predicted octanol–water partition coefficient (Wildman–Crippen LogP) is 2.10. The summed E-state index contributed by atoms with van der Waals surface area (Å²) in [4.78, 5) is 27.3. The van der Waals surface area contributed by atoms with Gasteiger partial charge in [0, 0.05) is 31.2 Å². The van der Waals surface area contributed by atoms with Crippen molar-refractivity contribution in [2.45, 2.75) is 69.9 Å². The van der Waals surface area contributed by atoms with Gasteiger partial charge in [0.15, 0.2) is 0 Å². The first kappa shape index (κ1) is 16.4. The van der Waals surface area contributed by atoms with Crippen LogP contribution in [0.2, 0.25) is 0 Å². The molecule has 0 radical (unpaired) electrons. The van der Waals surface area contributed by atoms with E-state index in [-0.39, 0.29) is 23.4 Å². The minimum absolute atomic E-state index is 0.0341. The monoisotopic (exact) mass is 334 g/mol. The SMILES string of the molecule is C[C@H]1[C@@H](NC(=O)C2CCOC2)CC[C@@]23CCCN2C(=O)CCC[C@@H]13. The van der Waals surface area contributed by atoms with Gasteiger partial charge >= 0.3 is 0 Å². The van der Waals surface area contributed by atoms with Crippen LogP contribution >= 0.6 is 0 Å². The lowest BCUT2D eigenvalue weighted by atomic mass is 9.63. The molecule has 1 N–H and O–H groups in total. The Kier molecular flexibility index (Phi) is 4.31. The fraction of sp³-hybridized carbons (Fsp3) is 0.895. The lowest BCUT2D eigenvalue weighted by Crippen LogP contribution is -2.60. The van der Waals surface area contributed by atoms with E-state index in [1.807, 2.05) is 0 Å². The van der Waals surface area contributed by atoms with Crippen LogP contribution in [0.4, 0.5) is 0 Å². The summed E-state index contributed by atoms with van der Waals surface area (Å²) in [7, 11) is 0. The molecular weight excluding hydrogens is 304 g/mol. The number of hydrogen-bond acceptors (Lipinski definition) is 3. The minimum atomic E-state index is 0.0341. The van der Waals surface area contributed by atoms with E-state index in [0.29, 0.717) is 37.4 Å². The summed E-state index contributed by atoms with van der Waals surface area (Å²) in [6.45, 7) is 4.52. The van der Waals surface area contributed by atoms with Crippen LogP contribution in [0.25, 0.3) is 0 Å². The standard InChI is InChI=1S/C19H30N2O3/c1-13-15-4-2-5-17(22)21-10-3-8-19(15,21)9-6-16(13)20-18(23)14-7-11-24-12-14/h13-16H,2-12H2,1H3,(H,20,23)/t13-,14?,15+,16+,19-/m1/s1. The Morgan fingerprint density at radius 1 is 1.25 bits per heavy atom. The molecule has 24 heavy (non-hydrogen) atoms. The quantitative estimate of drug-likeness (QED) is 0.841. The van der Waals surface area contributed by atoms with E-state index in [2.05, 4.69) is 17.1 Å². The summed E-state index contributed by atoms with van der Waals surface area (Å²) in [5.74, 6) is 1.55. The molecule has 1 unspecified atom stereocenters. The van der Waals surface area contributed by atoms with Gasteiger partial charge in [0.2, 0.25) is 11.8 Å². The molecule has 134 valence electrons. The van der Waals surface area contributed by atoms with E-state index >= 15 is 0 Å². The molecule has 1 saturated carbocycles. The molecule has 1 spiro atoms. The number of nitrogens with zero attached hydrogens (tertiary/aromatic N) is 1. The van der Waals surface area contributed by atoms with Gasteiger partial charge in [-0.05, 0) is 56.8 Å². The van der Waals surface area contributed by atoms with Crippen molar-refractivity contribution in [3.63, 3.8) is 0 Å². The maximum Gasteiger partial charge on any atom is 0.225 e. The molecule has 0 aromatic rings. The Morgan fingerprint density at radius 3 is 2.92 bits per heavy atom. The Balaban J connectivity index is 1.50. The molecule has 3 heterocycles. The van der Waals surface area contributed by atoms with Gasteiger partial charge in [-0.15, -0.1) is 0 Å². The number of amides is 2. The van der Waals surface area contributed by atoms with E-state index in [1.165, 1.54) is 0 Å². The van der Waals surface area contributed by atoms with Gasteiger partial charge in [0.05, 0.1) is 12.5 Å². The molecule has 0 aromatic carbocycles. The third-order valence-electron chi connectivity index (χ3n) is 7.21. The van der Waals surface area contributed by atoms with Crippen LogP contribution in [0.15, 0.2) is 0 Å². The van der Waals surface area contributed by atoms with Crippen molar-refractivity contribution in [2.24, 2.45) is 17.8 Å². The average Bonchev–Trinajstić information content (AvgIpc) is 3.21. The highest BCUT2D eigenvalue weighted by Gasteiger charge is 2.55. The molecule has 3 saturated heterocycles. The highest BCUT2D eigenvalue weighted by atomic mass is 16.5. The zero-order valence-corrected chi connectivity index (χ0v) is 14.8. The highest BCUT2D eigenvalue weighted by Crippen LogP contribution is 2.51. The molecule has 1 aliphatic carbocycles. The predicted molar refractivity (Wildman–Crippen MR) is 90.3 cm³/mol. The molecule has 4 rings (SSSR count). The van der Waals surface area contributed by atoms with Crippen molar-refractivity contribution in [1.82, 2.24) is 10.2 Å². The second kappa shape index (κ2) is 6.32. The molecule has 4 aliphatic rings. The number of ether oxygens (including phenoxy) is 1. The second-order valence-corrected chi connectivity index (χ2v) is 8.32. The number of nitrogens with one attached hydrogen (secondary N) is 1. The van der Waals surface area contributed by atoms with E-state index in [0.717, 1.165) is 51.5 Å². The molecule has 5 atom stereocenters. The summed E-state index contributed by atoms with van der Waals surface area (Å²) < 4.78 is 5.36. The summed E-state index contributed by atoms with van der Waals surface area (Å²) in [5, 5.41) is 3.33. The topological polar surface area (TPSA) is 58.6 Å². The molecule has 2 amide bonds. The fourth-order valence-electron chi connectivity index (χ4n) is 5.93. The van der Waals surface area contributed by atoms with E-state index < -0.39 is 0 Å². The molecule has 5 heteroatoms. The van der Waals surface area contributed by atoms with Crippen LogP contribution in [0.1, 0.15) is 58.3 Å². The van der Waals surface area contributed by atoms with Gasteiger partial charge in [-0.1, -0.05) is 6.92 Å². The molecule has 3 aliphatic heterocycles. The van der Waals surface area contributed by atoms with Crippen LogP contribution < -0.4 is 5.32 Å². The number of hydrogen-bond donors (Lipinski definition) is 1. The highest BCUT2D eigenvalue weighted by molar-refractivity contribution is 5.79. The third-order valence-corrected chi connectivity index (χ3v) is 7.21. The number of carbonyl (C=O) groups is 2. The van der Waals surface area contributed by atoms with Gasteiger partial charge in [-0.2, -0.15) is 0 Å². The van der Waals surface area contributed by atoms with Gasteiger partial charge in [0.1, 0.15) is 0 Å². The van der Waals surface area contributed by atoms with Crippen LogP contribution in [-0.2, 0) is 14.3 Å². The Morgan fingerprint density at radius 2 is 2.12 bits per heavy atom. The van der Waals surface area contributed by atoms with Crippen LogP contribution in [0.5, 0.6) is 0 Å².